The van der Waals surface area contributed by atoms with Crippen molar-refractivity contribution in [2.75, 3.05) is 27.9 Å². The third kappa shape index (κ3) is 1.71. The Kier molecular flexibility index (Phi) is 2.95. The zero-order valence-corrected chi connectivity index (χ0v) is 9.81. The third-order valence-corrected chi connectivity index (χ3v) is 2.44. The second-order valence-electron chi connectivity index (χ2n) is 3.35. The fourth-order valence-electron chi connectivity index (χ4n) is 1.75. The van der Waals surface area contributed by atoms with Crippen molar-refractivity contribution in [3.05, 3.63) is 11.6 Å². The topological polar surface area (TPSA) is 69.5 Å². The zero-order chi connectivity index (χ0) is 12.4. The number of benzene rings is 1. The molecule has 0 atom stereocenters. The molecule has 1 aromatic rings. The first-order valence-corrected chi connectivity index (χ1v) is 4.94. The van der Waals surface area contributed by atoms with Crippen LogP contribution in [0.3, 0.4) is 0 Å². The molecule has 0 aromatic heterocycles. The molecule has 1 N–H and O–H groups in total. The maximum absolute atomic E-state index is 9.82. The molecule has 1 aliphatic rings. The largest absolute Gasteiger partial charge is 0.504 e. The van der Waals surface area contributed by atoms with Crippen molar-refractivity contribution in [3.8, 4) is 23.0 Å². The molecule has 0 bridgehead atoms. The van der Waals surface area contributed by atoms with E-state index in [1.54, 1.807) is 0 Å². The van der Waals surface area contributed by atoms with E-state index in [1.165, 1.54) is 27.4 Å². The van der Waals surface area contributed by atoms with E-state index in [-0.39, 0.29) is 18.1 Å². The molecule has 2 rings (SSSR count). The maximum atomic E-state index is 9.82. The lowest BCUT2D eigenvalue weighted by Crippen LogP contribution is -2.02. The summed E-state index contributed by atoms with van der Waals surface area (Å²) in [6.45, 7) is 0.270. The number of ether oxygens (including phenoxy) is 3. The first-order valence-electron chi connectivity index (χ1n) is 4.94. The first kappa shape index (κ1) is 11.4. The molecule has 6 heteroatoms. The number of aromatic hydroxyl groups is 1. The Bertz CT molecular complexity index is 469. The Balaban J connectivity index is 2.61. The summed E-state index contributed by atoms with van der Waals surface area (Å²) < 4.78 is 15.7. The van der Waals surface area contributed by atoms with Crippen molar-refractivity contribution in [1.82, 2.24) is 0 Å². The van der Waals surface area contributed by atoms with Gasteiger partial charge in [-0.1, -0.05) is 5.16 Å². The summed E-state index contributed by atoms with van der Waals surface area (Å²) >= 11 is 0. The molecular weight excluding hydrogens is 226 g/mol. The highest BCUT2D eigenvalue weighted by Gasteiger charge is 2.29. The van der Waals surface area contributed by atoms with Gasteiger partial charge in [0.1, 0.15) is 19.4 Å². The van der Waals surface area contributed by atoms with E-state index >= 15 is 0 Å². The highest BCUT2D eigenvalue weighted by Crippen LogP contribution is 2.48. The molecule has 0 unspecified atom stereocenters. The predicted octanol–water partition coefficient (Wildman–Crippen LogP) is 1.15. The van der Waals surface area contributed by atoms with Crippen LogP contribution in [0, 0.1) is 0 Å². The van der Waals surface area contributed by atoms with Crippen LogP contribution < -0.4 is 14.2 Å². The average Bonchev–Trinajstić information content (AvgIpc) is 2.71. The van der Waals surface area contributed by atoms with Gasteiger partial charge in [-0.25, -0.2) is 0 Å². The van der Waals surface area contributed by atoms with Crippen molar-refractivity contribution in [2.24, 2.45) is 5.16 Å². The van der Waals surface area contributed by atoms with Gasteiger partial charge in [0.05, 0.1) is 19.8 Å². The fraction of sp³-hybridized carbons (Fsp3) is 0.364. The zero-order valence-electron chi connectivity index (χ0n) is 9.81. The lowest BCUT2D eigenvalue weighted by molar-refractivity contribution is 0.211. The molecule has 0 spiro atoms. The highest BCUT2D eigenvalue weighted by atomic mass is 16.6. The minimum Gasteiger partial charge on any atom is -0.504 e. The van der Waals surface area contributed by atoms with Crippen LogP contribution in [-0.2, 0) is 4.84 Å². The Morgan fingerprint density at radius 2 is 1.94 bits per heavy atom. The Morgan fingerprint density at radius 1 is 1.24 bits per heavy atom. The van der Waals surface area contributed by atoms with Gasteiger partial charge in [-0.05, 0) is 6.07 Å². The van der Waals surface area contributed by atoms with Crippen LogP contribution in [0.15, 0.2) is 11.2 Å². The van der Waals surface area contributed by atoms with Gasteiger partial charge in [0.2, 0.25) is 11.5 Å². The second-order valence-corrected chi connectivity index (χ2v) is 3.35. The van der Waals surface area contributed by atoms with Crippen LogP contribution >= 0.6 is 0 Å². The quantitative estimate of drug-likeness (QED) is 0.801. The van der Waals surface area contributed by atoms with Gasteiger partial charge in [0.15, 0.2) is 11.5 Å². The van der Waals surface area contributed by atoms with E-state index in [9.17, 15) is 5.11 Å². The van der Waals surface area contributed by atoms with Gasteiger partial charge in [0.25, 0.3) is 0 Å². The van der Waals surface area contributed by atoms with Crippen LogP contribution in [0.25, 0.3) is 0 Å². The predicted molar refractivity (Wildman–Crippen MR) is 60.3 cm³/mol. The maximum Gasteiger partial charge on any atom is 0.207 e. The van der Waals surface area contributed by atoms with Gasteiger partial charge in [-0.15, -0.1) is 0 Å². The molecule has 0 saturated heterocycles. The van der Waals surface area contributed by atoms with Crippen molar-refractivity contribution in [3.63, 3.8) is 0 Å². The van der Waals surface area contributed by atoms with E-state index in [0.717, 1.165) is 0 Å². The van der Waals surface area contributed by atoms with Gasteiger partial charge < -0.3 is 24.2 Å². The molecule has 92 valence electrons. The number of fused-ring (bicyclic) bond motifs is 1. The Labute approximate surface area is 98.3 Å². The standard InChI is InChI=1S/C11H13NO5/c1-14-10-8(13)4-6-7(12-16-3)5-17-9(6)11(10)15-2/h4,13H,5H2,1-3H3. The summed E-state index contributed by atoms with van der Waals surface area (Å²) in [6, 6.07) is 1.52. The van der Waals surface area contributed by atoms with E-state index in [4.69, 9.17) is 19.0 Å². The van der Waals surface area contributed by atoms with Gasteiger partial charge >= 0.3 is 0 Å². The minimum absolute atomic E-state index is 0.0302. The molecule has 0 aliphatic carbocycles. The molecule has 1 heterocycles. The molecule has 1 aliphatic heterocycles. The number of phenolic OH excluding ortho intramolecular Hbond substituents is 1. The van der Waals surface area contributed by atoms with Crippen LogP contribution in [-0.4, -0.2) is 38.8 Å². The highest BCUT2D eigenvalue weighted by molar-refractivity contribution is 6.07. The summed E-state index contributed by atoms with van der Waals surface area (Å²) in [4.78, 5) is 4.71. The Hall–Kier alpha value is -2.11. The number of methoxy groups -OCH3 is 2. The fourth-order valence-corrected chi connectivity index (χ4v) is 1.75. The number of oxime groups is 1. The number of rotatable bonds is 3. The summed E-state index contributed by atoms with van der Waals surface area (Å²) in [7, 11) is 4.38. The minimum atomic E-state index is -0.0302. The monoisotopic (exact) mass is 239 g/mol. The normalized spacial score (nSPS) is 15.4. The molecule has 0 saturated carbocycles. The SMILES string of the molecule is CON=C1COc2c1cc(O)c(OC)c2OC. The van der Waals surface area contributed by atoms with E-state index in [1.807, 2.05) is 0 Å². The van der Waals surface area contributed by atoms with Crippen molar-refractivity contribution >= 4 is 5.71 Å². The van der Waals surface area contributed by atoms with Crippen LogP contribution in [0.1, 0.15) is 5.56 Å². The third-order valence-electron chi connectivity index (χ3n) is 2.44. The number of nitrogens with zero attached hydrogens (tertiary/aromatic N) is 1. The second kappa shape index (κ2) is 4.40. The van der Waals surface area contributed by atoms with E-state index in [0.29, 0.717) is 22.8 Å². The molecule has 0 radical (unpaired) electrons. The van der Waals surface area contributed by atoms with Crippen molar-refractivity contribution in [2.45, 2.75) is 0 Å². The van der Waals surface area contributed by atoms with Crippen LogP contribution in [0.4, 0.5) is 0 Å². The first-order chi connectivity index (χ1) is 8.22. The van der Waals surface area contributed by atoms with Crippen molar-refractivity contribution in [1.29, 1.82) is 0 Å². The lowest BCUT2D eigenvalue weighted by atomic mass is 10.1. The number of phenols is 1. The van der Waals surface area contributed by atoms with Gasteiger partial charge in [0, 0.05) is 0 Å². The smallest absolute Gasteiger partial charge is 0.207 e. The Morgan fingerprint density at radius 3 is 2.53 bits per heavy atom. The van der Waals surface area contributed by atoms with E-state index < -0.39 is 0 Å². The molecule has 6 nitrogen and oxygen atoms in total. The lowest BCUT2D eigenvalue weighted by Gasteiger charge is -2.12. The summed E-state index contributed by atoms with van der Waals surface area (Å²) in [5.74, 6) is 1.06. The summed E-state index contributed by atoms with van der Waals surface area (Å²) in [5, 5.41) is 13.6. The van der Waals surface area contributed by atoms with Crippen LogP contribution in [0.2, 0.25) is 0 Å². The van der Waals surface area contributed by atoms with Crippen LogP contribution in [0.5, 0.6) is 23.0 Å². The van der Waals surface area contributed by atoms with E-state index in [2.05, 4.69) is 5.16 Å². The average molecular weight is 239 g/mol. The molecule has 0 amide bonds. The molecule has 1 aromatic carbocycles. The molecule has 17 heavy (non-hydrogen) atoms. The summed E-state index contributed by atoms with van der Waals surface area (Å²) in [5.41, 5.74) is 1.24. The molecular formula is C11H13NO5. The van der Waals surface area contributed by atoms with Crippen molar-refractivity contribution < 1.29 is 24.2 Å². The van der Waals surface area contributed by atoms with Gasteiger partial charge in [-0.3, -0.25) is 0 Å². The number of hydrogen-bond acceptors (Lipinski definition) is 6. The van der Waals surface area contributed by atoms with Gasteiger partial charge in [-0.2, -0.15) is 0 Å². The molecule has 0 fully saturated rings. The number of hydrogen-bond donors (Lipinski definition) is 1. The summed E-state index contributed by atoms with van der Waals surface area (Å²) in [6.07, 6.45) is 0.